The molecule has 0 aliphatic rings. The highest BCUT2D eigenvalue weighted by molar-refractivity contribution is 7.92. The number of hydrogen-bond donors (Lipinski definition) is 1. The molecule has 0 aliphatic carbocycles. The first-order valence-electron chi connectivity index (χ1n) is 8.20. The first-order valence-corrected chi connectivity index (χ1v) is 9.64. The van der Waals surface area contributed by atoms with Gasteiger partial charge in [-0.15, -0.1) is 0 Å². The molecule has 0 unspecified atom stereocenters. The molecule has 0 saturated heterocycles. The van der Waals surface area contributed by atoms with Crippen molar-refractivity contribution in [2.45, 2.75) is 11.4 Å². The summed E-state index contributed by atoms with van der Waals surface area (Å²) in [5.41, 5.74) is 1.66. The normalized spacial score (nSPS) is 11.2. The zero-order chi connectivity index (χ0) is 19.4. The number of halogens is 2. The van der Waals surface area contributed by atoms with Crippen molar-refractivity contribution in [2.24, 2.45) is 0 Å². The van der Waals surface area contributed by atoms with Gasteiger partial charge >= 0.3 is 0 Å². The van der Waals surface area contributed by atoms with Crippen molar-refractivity contribution in [1.29, 1.82) is 0 Å². The van der Waals surface area contributed by atoms with Crippen molar-refractivity contribution in [1.82, 2.24) is 0 Å². The number of hydrogen-bond acceptors (Lipinski definition) is 3. The van der Waals surface area contributed by atoms with Crippen molar-refractivity contribution in [3.63, 3.8) is 0 Å². The molecule has 0 aromatic heterocycles. The fraction of sp³-hybridized carbons (Fsp3) is 0.100. The lowest BCUT2D eigenvalue weighted by atomic mass is 10.2. The van der Waals surface area contributed by atoms with Gasteiger partial charge in [-0.25, -0.2) is 17.2 Å². The van der Waals surface area contributed by atoms with Crippen LogP contribution >= 0.6 is 0 Å². The van der Waals surface area contributed by atoms with E-state index in [4.69, 9.17) is 0 Å². The lowest BCUT2D eigenvalue weighted by Gasteiger charge is -2.20. The van der Waals surface area contributed by atoms with Gasteiger partial charge in [-0.05, 0) is 48.0 Å². The van der Waals surface area contributed by atoms with E-state index in [1.54, 1.807) is 36.4 Å². The van der Waals surface area contributed by atoms with E-state index in [0.717, 1.165) is 12.1 Å². The highest BCUT2D eigenvalue weighted by atomic mass is 32.2. The number of para-hydroxylation sites is 1. The number of nitrogens with zero attached hydrogens (tertiary/aromatic N) is 1. The minimum absolute atomic E-state index is 0.129. The summed E-state index contributed by atoms with van der Waals surface area (Å²) in [5, 5.41) is 3.03. The molecule has 27 heavy (non-hydrogen) atoms. The Morgan fingerprint density at radius 1 is 0.889 bits per heavy atom. The molecule has 0 saturated carbocycles. The number of rotatable bonds is 6. The van der Waals surface area contributed by atoms with Gasteiger partial charge in [0.05, 0.1) is 10.6 Å². The molecule has 0 aliphatic heterocycles. The largest absolute Gasteiger partial charge is 0.381 e. The second kappa shape index (κ2) is 7.75. The molecule has 0 bridgehead atoms. The quantitative estimate of drug-likeness (QED) is 0.681. The summed E-state index contributed by atoms with van der Waals surface area (Å²) in [6.07, 6.45) is 0. The summed E-state index contributed by atoms with van der Waals surface area (Å²) in [6, 6.07) is 18.7. The molecule has 0 spiro atoms. The molecule has 140 valence electrons. The minimum atomic E-state index is -3.73. The maximum atomic E-state index is 13.3. The lowest BCUT2D eigenvalue weighted by molar-refractivity contribution is 0.507. The number of benzene rings is 3. The van der Waals surface area contributed by atoms with E-state index in [2.05, 4.69) is 5.32 Å². The maximum Gasteiger partial charge on any atom is 0.264 e. The molecule has 0 fully saturated rings. The topological polar surface area (TPSA) is 49.4 Å². The van der Waals surface area contributed by atoms with Crippen molar-refractivity contribution in [2.75, 3.05) is 16.7 Å². The van der Waals surface area contributed by atoms with Gasteiger partial charge in [0.15, 0.2) is 11.6 Å². The van der Waals surface area contributed by atoms with Crippen LogP contribution in [-0.2, 0) is 16.6 Å². The summed E-state index contributed by atoms with van der Waals surface area (Å²) < 4.78 is 53.2. The van der Waals surface area contributed by atoms with Gasteiger partial charge in [0.2, 0.25) is 0 Å². The summed E-state index contributed by atoms with van der Waals surface area (Å²) in [4.78, 5) is 0.129. The molecule has 3 aromatic rings. The molecule has 7 heteroatoms. The Morgan fingerprint density at radius 3 is 2.33 bits per heavy atom. The average Bonchev–Trinajstić information content (AvgIpc) is 2.69. The number of nitrogens with one attached hydrogen (secondary N) is 1. The molecular weight excluding hydrogens is 370 g/mol. The van der Waals surface area contributed by atoms with E-state index in [0.29, 0.717) is 16.9 Å². The van der Waals surface area contributed by atoms with E-state index in [1.165, 1.54) is 29.6 Å². The number of anilines is 2. The maximum absolute atomic E-state index is 13.3. The highest BCUT2D eigenvalue weighted by Gasteiger charge is 2.21. The molecule has 4 nitrogen and oxygen atoms in total. The van der Waals surface area contributed by atoms with Crippen LogP contribution in [0.2, 0.25) is 0 Å². The van der Waals surface area contributed by atoms with Crippen molar-refractivity contribution >= 4 is 21.4 Å². The van der Waals surface area contributed by atoms with Crippen LogP contribution in [0.4, 0.5) is 20.2 Å². The summed E-state index contributed by atoms with van der Waals surface area (Å²) in [6.45, 7) is 0.231. The smallest absolute Gasteiger partial charge is 0.264 e. The van der Waals surface area contributed by atoms with Crippen molar-refractivity contribution in [3.05, 3.63) is 90.0 Å². The second-order valence-corrected chi connectivity index (χ2v) is 7.91. The van der Waals surface area contributed by atoms with Gasteiger partial charge < -0.3 is 5.32 Å². The SMILES string of the molecule is CN(c1ccccc1)S(=O)(=O)c1cccc(NCc2ccc(F)c(F)c2)c1. The minimum Gasteiger partial charge on any atom is -0.381 e. The fourth-order valence-corrected chi connectivity index (χ4v) is 3.80. The van der Waals surface area contributed by atoms with Gasteiger partial charge in [-0.1, -0.05) is 30.3 Å². The van der Waals surface area contributed by atoms with Crippen molar-refractivity contribution < 1.29 is 17.2 Å². The Balaban J connectivity index is 1.79. The summed E-state index contributed by atoms with van der Waals surface area (Å²) in [7, 11) is -2.23. The van der Waals surface area contributed by atoms with E-state index < -0.39 is 21.7 Å². The average molecular weight is 388 g/mol. The predicted octanol–water partition coefficient (Wildman–Crippen LogP) is 4.40. The zero-order valence-corrected chi connectivity index (χ0v) is 15.4. The third-order valence-corrected chi connectivity index (χ3v) is 5.87. The number of sulfonamides is 1. The van der Waals surface area contributed by atoms with Crippen LogP contribution in [0.15, 0.2) is 77.7 Å². The molecule has 0 amide bonds. The molecule has 0 heterocycles. The van der Waals surface area contributed by atoms with E-state index in [9.17, 15) is 17.2 Å². The molecule has 3 aromatic carbocycles. The third kappa shape index (κ3) is 4.25. The van der Waals surface area contributed by atoms with E-state index >= 15 is 0 Å². The van der Waals surface area contributed by atoms with E-state index in [-0.39, 0.29) is 11.4 Å². The lowest BCUT2D eigenvalue weighted by Crippen LogP contribution is -2.26. The van der Waals surface area contributed by atoms with Gasteiger partial charge in [0.1, 0.15) is 0 Å². The van der Waals surface area contributed by atoms with Crippen LogP contribution in [0.3, 0.4) is 0 Å². The molecule has 3 rings (SSSR count). The zero-order valence-electron chi connectivity index (χ0n) is 14.6. The third-order valence-electron chi connectivity index (χ3n) is 4.09. The second-order valence-electron chi connectivity index (χ2n) is 5.94. The van der Waals surface area contributed by atoms with Gasteiger partial charge in [0, 0.05) is 19.3 Å². The van der Waals surface area contributed by atoms with Crippen LogP contribution in [-0.4, -0.2) is 15.5 Å². The molecular formula is C20H18F2N2O2S. The van der Waals surface area contributed by atoms with Gasteiger partial charge in [-0.3, -0.25) is 4.31 Å². The Bertz CT molecular complexity index is 1040. The van der Waals surface area contributed by atoms with Crippen molar-refractivity contribution in [3.8, 4) is 0 Å². The molecule has 1 N–H and O–H groups in total. The summed E-state index contributed by atoms with van der Waals surface area (Å²) >= 11 is 0. The Labute approximate surface area is 157 Å². The highest BCUT2D eigenvalue weighted by Crippen LogP contribution is 2.24. The Hall–Kier alpha value is -2.93. The van der Waals surface area contributed by atoms with Crippen LogP contribution in [0, 0.1) is 11.6 Å². The predicted molar refractivity (Wildman–Crippen MR) is 102 cm³/mol. The summed E-state index contributed by atoms with van der Waals surface area (Å²) in [5.74, 6) is -1.83. The first-order chi connectivity index (χ1) is 12.9. The van der Waals surface area contributed by atoms with Crippen LogP contribution < -0.4 is 9.62 Å². The van der Waals surface area contributed by atoms with Crippen LogP contribution in [0.5, 0.6) is 0 Å². The van der Waals surface area contributed by atoms with Crippen LogP contribution in [0.25, 0.3) is 0 Å². The molecule has 0 atom stereocenters. The standard InChI is InChI=1S/C20H18F2N2O2S/c1-24(17-7-3-2-4-8-17)27(25,26)18-9-5-6-16(13-18)23-14-15-10-11-19(21)20(22)12-15/h2-13,23H,14H2,1H3. The van der Waals surface area contributed by atoms with Gasteiger partial charge in [0.25, 0.3) is 10.0 Å². The first kappa shape index (κ1) is 18.8. The van der Waals surface area contributed by atoms with Crippen LogP contribution in [0.1, 0.15) is 5.56 Å². The monoisotopic (exact) mass is 388 g/mol. The van der Waals surface area contributed by atoms with Gasteiger partial charge in [-0.2, -0.15) is 0 Å². The Kier molecular flexibility index (Phi) is 5.41. The Morgan fingerprint density at radius 2 is 1.63 bits per heavy atom. The fourth-order valence-electron chi connectivity index (χ4n) is 2.56. The van der Waals surface area contributed by atoms with E-state index in [1.807, 2.05) is 6.07 Å². The molecule has 0 radical (unpaired) electrons.